The molecule has 0 spiro atoms. The number of aromatic nitrogens is 1. The number of nitrogens with zero attached hydrogens (tertiary/aromatic N) is 3. The monoisotopic (exact) mass is 373 g/mol. The zero-order chi connectivity index (χ0) is 19.3. The number of pyridine rings is 1. The van der Waals surface area contributed by atoms with Crippen LogP contribution in [-0.4, -0.2) is 52.8 Å². The van der Waals surface area contributed by atoms with Gasteiger partial charge < -0.3 is 14.6 Å². The molecule has 2 aliphatic rings. The first kappa shape index (κ1) is 18.0. The Kier molecular flexibility index (Phi) is 4.42. The molecule has 6 nitrogen and oxygen atoms in total. The Morgan fingerprint density at radius 3 is 2.70 bits per heavy atom. The molecule has 2 saturated heterocycles. The molecule has 3 heterocycles. The lowest BCUT2D eigenvalue weighted by atomic mass is 10.1. The number of carbonyl (C=O) groups is 1. The molecule has 7 heteroatoms. The molecule has 0 saturated carbocycles. The van der Waals surface area contributed by atoms with Gasteiger partial charge in [-0.25, -0.2) is 9.18 Å². The Labute approximate surface area is 156 Å². The van der Waals surface area contributed by atoms with Gasteiger partial charge in [-0.1, -0.05) is 0 Å². The average Bonchev–Trinajstić information content (AvgIpc) is 2.88. The quantitative estimate of drug-likeness (QED) is 0.896. The maximum Gasteiger partial charge on any atom is 0.341 e. The molecule has 1 aromatic carbocycles. The number of hydrogen-bond acceptors (Lipinski definition) is 4. The number of likely N-dealkylation sites (N-methyl/N-ethyl adjacent to an activating group) is 1. The largest absolute Gasteiger partial charge is 0.477 e. The second-order valence-electron chi connectivity index (χ2n) is 7.57. The highest BCUT2D eigenvalue weighted by molar-refractivity contribution is 5.93. The van der Waals surface area contributed by atoms with Gasteiger partial charge in [-0.15, -0.1) is 0 Å². The van der Waals surface area contributed by atoms with Gasteiger partial charge in [0.25, 0.3) is 0 Å². The molecule has 0 amide bonds. The molecular formula is C20H24FN3O3. The Bertz CT molecular complexity index is 971. The summed E-state index contributed by atoms with van der Waals surface area (Å²) in [5, 5.41) is 9.39. The minimum atomic E-state index is -1.29. The van der Waals surface area contributed by atoms with Crippen LogP contribution >= 0.6 is 0 Å². The lowest BCUT2D eigenvalue weighted by Gasteiger charge is -2.28. The van der Waals surface area contributed by atoms with E-state index in [0.717, 1.165) is 25.9 Å². The highest BCUT2D eigenvalue weighted by Crippen LogP contribution is 2.33. The fourth-order valence-corrected chi connectivity index (χ4v) is 4.58. The van der Waals surface area contributed by atoms with Crippen LogP contribution in [0.25, 0.3) is 10.9 Å². The first-order valence-corrected chi connectivity index (χ1v) is 9.47. The van der Waals surface area contributed by atoms with Crippen LogP contribution in [0.1, 0.15) is 36.5 Å². The fraction of sp³-hybridized carbons (Fsp3) is 0.500. The van der Waals surface area contributed by atoms with E-state index in [9.17, 15) is 19.1 Å². The Balaban J connectivity index is 1.83. The summed E-state index contributed by atoms with van der Waals surface area (Å²) >= 11 is 0. The van der Waals surface area contributed by atoms with Gasteiger partial charge in [0.15, 0.2) is 0 Å². The topological polar surface area (TPSA) is 65.8 Å². The van der Waals surface area contributed by atoms with Crippen molar-refractivity contribution in [3.8, 4) is 0 Å². The molecule has 4 rings (SSSR count). The van der Waals surface area contributed by atoms with Crippen LogP contribution in [0.5, 0.6) is 0 Å². The minimum absolute atomic E-state index is 0.117. The Morgan fingerprint density at radius 1 is 1.26 bits per heavy atom. The minimum Gasteiger partial charge on any atom is -0.477 e. The summed E-state index contributed by atoms with van der Waals surface area (Å²) in [5.41, 5.74) is 0.104. The van der Waals surface area contributed by atoms with Gasteiger partial charge in [0.2, 0.25) is 5.43 Å². The molecule has 1 aromatic heterocycles. The number of carboxylic acid groups (broad SMARTS) is 1. The van der Waals surface area contributed by atoms with Crippen molar-refractivity contribution in [3.63, 3.8) is 0 Å². The van der Waals surface area contributed by atoms with Gasteiger partial charge in [-0.2, -0.15) is 0 Å². The summed E-state index contributed by atoms with van der Waals surface area (Å²) in [6, 6.07) is 3.88. The van der Waals surface area contributed by atoms with E-state index in [1.54, 1.807) is 10.6 Å². The van der Waals surface area contributed by atoms with E-state index >= 15 is 0 Å². The fourth-order valence-electron chi connectivity index (χ4n) is 4.58. The van der Waals surface area contributed by atoms with E-state index in [1.807, 2.05) is 6.92 Å². The standard InChI is InChI=1S/C20H24FN3O3/c1-3-23-11-15(20(26)27)19(25)14-8-16(21)18(9-17(14)23)24-7-6-12-4-5-13(10-24)22(12)2/h8-9,11-13H,3-7,10H2,1-2H3,(H,26,27). The van der Waals surface area contributed by atoms with Crippen molar-refractivity contribution in [2.75, 3.05) is 25.0 Å². The molecule has 2 fully saturated rings. The van der Waals surface area contributed by atoms with E-state index in [-0.39, 0.29) is 10.9 Å². The number of anilines is 1. The molecule has 2 bridgehead atoms. The third-order valence-corrected chi connectivity index (χ3v) is 6.21. The van der Waals surface area contributed by atoms with Gasteiger partial charge in [0.05, 0.1) is 11.2 Å². The van der Waals surface area contributed by atoms with Gasteiger partial charge in [0.1, 0.15) is 11.4 Å². The van der Waals surface area contributed by atoms with Crippen LogP contribution in [0.4, 0.5) is 10.1 Å². The van der Waals surface area contributed by atoms with Crippen molar-refractivity contribution in [2.45, 2.75) is 44.8 Å². The van der Waals surface area contributed by atoms with E-state index < -0.39 is 17.2 Å². The molecular weight excluding hydrogens is 349 g/mol. The predicted octanol–water partition coefficient (Wildman–Crippen LogP) is 2.53. The maximum absolute atomic E-state index is 15.0. The number of fused-ring (bicyclic) bond motifs is 3. The van der Waals surface area contributed by atoms with Crippen LogP contribution in [0.2, 0.25) is 0 Å². The third-order valence-electron chi connectivity index (χ3n) is 6.21. The van der Waals surface area contributed by atoms with Gasteiger partial charge in [0, 0.05) is 43.3 Å². The smallest absolute Gasteiger partial charge is 0.341 e. The van der Waals surface area contributed by atoms with Crippen molar-refractivity contribution in [1.29, 1.82) is 0 Å². The highest BCUT2D eigenvalue weighted by atomic mass is 19.1. The molecule has 27 heavy (non-hydrogen) atoms. The van der Waals surface area contributed by atoms with E-state index in [4.69, 9.17) is 0 Å². The van der Waals surface area contributed by atoms with Crippen LogP contribution in [0.3, 0.4) is 0 Å². The highest BCUT2D eigenvalue weighted by Gasteiger charge is 2.35. The molecule has 0 radical (unpaired) electrons. The first-order chi connectivity index (χ1) is 12.9. The second kappa shape index (κ2) is 6.64. The Morgan fingerprint density at radius 2 is 2.00 bits per heavy atom. The number of hydrogen-bond donors (Lipinski definition) is 1. The molecule has 2 aromatic rings. The predicted molar refractivity (Wildman–Crippen MR) is 102 cm³/mol. The van der Waals surface area contributed by atoms with E-state index in [2.05, 4.69) is 16.8 Å². The van der Waals surface area contributed by atoms with Crippen molar-refractivity contribution in [2.24, 2.45) is 0 Å². The molecule has 2 atom stereocenters. The van der Waals surface area contributed by atoms with Crippen molar-refractivity contribution < 1.29 is 14.3 Å². The number of aryl methyl sites for hydroxylation is 1. The zero-order valence-corrected chi connectivity index (χ0v) is 15.6. The van der Waals surface area contributed by atoms with Crippen LogP contribution in [0.15, 0.2) is 23.1 Å². The van der Waals surface area contributed by atoms with Crippen LogP contribution in [0, 0.1) is 5.82 Å². The summed E-state index contributed by atoms with van der Waals surface area (Å²) in [6.07, 6.45) is 4.66. The Hall–Kier alpha value is -2.41. The molecule has 1 N–H and O–H groups in total. The zero-order valence-electron chi connectivity index (χ0n) is 15.6. The number of carboxylic acids is 1. The molecule has 0 aliphatic carbocycles. The maximum atomic E-state index is 15.0. The number of halogens is 1. The number of aromatic carboxylic acids is 1. The van der Waals surface area contributed by atoms with E-state index in [0.29, 0.717) is 29.8 Å². The summed E-state index contributed by atoms with van der Waals surface area (Å²) < 4.78 is 16.7. The van der Waals surface area contributed by atoms with Gasteiger partial charge >= 0.3 is 5.97 Å². The van der Waals surface area contributed by atoms with Gasteiger partial charge in [-0.05, 0) is 45.4 Å². The summed E-state index contributed by atoms with van der Waals surface area (Å²) in [5.74, 6) is -1.76. The second-order valence-corrected chi connectivity index (χ2v) is 7.57. The normalized spacial score (nSPS) is 23.0. The lowest BCUT2D eigenvalue weighted by molar-refractivity contribution is 0.0695. The summed E-state index contributed by atoms with van der Waals surface area (Å²) in [6.45, 7) is 3.91. The van der Waals surface area contributed by atoms with Crippen molar-refractivity contribution in [1.82, 2.24) is 9.47 Å². The van der Waals surface area contributed by atoms with Crippen molar-refractivity contribution in [3.05, 3.63) is 39.9 Å². The molecule has 2 unspecified atom stereocenters. The van der Waals surface area contributed by atoms with Crippen molar-refractivity contribution >= 4 is 22.6 Å². The molecule has 2 aliphatic heterocycles. The summed E-state index contributed by atoms with van der Waals surface area (Å²) in [7, 11) is 2.14. The SMILES string of the molecule is CCn1cc(C(=O)O)c(=O)c2cc(F)c(N3CCC4CCC(C3)N4C)cc21. The molecule has 144 valence electrons. The summed E-state index contributed by atoms with van der Waals surface area (Å²) in [4.78, 5) is 28.3. The van der Waals surface area contributed by atoms with E-state index in [1.165, 1.54) is 18.7 Å². The average molecular weight is 373 g/mol. The number of benzene rings is 1. The first-order valence-electron chi connectivity index (χ1n) is 9.47. The number of rotatable bonds is 3. The van der Waals surface area contributed by atoms with Crippen LogP contribution < -0.4 is 10.3 Å². The van der Waals surface area contributed by atoms with Crippen LogP contribution in [-0.2, 0) is 6.54 Å². The van der Waals surface area contributed by atoms with Gasteiger partial charge in [-0.3, -0.25) is 9.69 Å². The lowest BCUT2D eigenvalue weighted by Crippen LogP contribution is -2.37. The third kappa shape index (κ3) is 2.90.